The molecule has 6 nitrogen and oxygen atoms in total. The standard InChI is InChI=1S/C50H27N5O/c1-2-14-29-26-42-35(25-28(29)13-1)37-27-36-32-17-5-10-22-40(32)55(47(36)44-33-18-6-11-23-41(33)53(42)46(37)44)49-48-45(34-19-7-12-24-43(34)56-48)51-50(52-49)54-38-20-8-3-15-30(38)31-16-4-9-21-39(31)54/h1-27H. The van der Waals surface area contributed by atoms with E-state index in [9.17, 15) is 0 Å². The Hall–Kier alpha value is -7.70. The highest BCUT2D eigenvalue weighted by Crippen LogP contribution is 2.48. The van der Waals surface area contributed by atoms with Gasteiger partial charge in [-0.1, -0.05) is 109 Å². The Bertz CT molecular complexity index is 3960. The van der Waals surface area contributed by atoms with Gasteiger partial charge in [-0.3, -0.25) is 9.13 Å². The molecule has 0 N–H and O–H groups in total. The maximum Gasteiger partial charge on any atom is 0.237 e. The van der Waals surface area contributed by atoms with E-state index < -0.39 is 0 Å². The van der Waals surface area contributed by atoms with E-state index >= 15 is 0 Å². The third kappa shape index (κ3) is 3.44. The molecule has 0 radical (unpaired) electrons. The molecule has 0 spiro atoms. The second-order valence-corrected chi connectivity index (χ2v) is 15.0. The summed E-state index contributed by atoms with van der Waals surface area (Å²) >= 11 is 0. The minimum Gasteiger partial charge on any atom is -0.450 e. The predicted octanol–water partition coefficient (Wildman–Crippen LogP) is 12.9. The van der Waals surface area contributed by atoms with Gasteiger partial charge in [0.2, 0.25) is 5.95 Å². The topological polar surface area (TPSA) is 53.2 Å². The first-order valence-electron chi connectivity index (χ1n) is 19.0. The number of hydrogen-bond acceptors (Lipinski definition) is 3. The van der Waals surface area contributed by atoms with Crippen molar-refractivity contribution in [2.45, 2.75) is 0 Å². The molecule has 0 fully saturated rings. The number of furan rings is 1. The van der Waals surface area contributed by atoms with Gasteiger partial charge in [0, 0.05) is 48.5 Å². The van der Waals surface area contributed by atoms with Gasteiger partial charge < -0.3 is 8.82 Å². The molecule has 258 valence electrons. The molecule has 6 heteroatoms. The molecule has 14 rings (SSSR count). The Balaban J connectivity index is 1.22. The first-order chi connectivity index (χ1) is 27.8. The lowest BCUT2D eigenvalue weighted by Gasteiger charge is -2.12. The second kappa shape index (κ2) is 10.1. The van der Waals surface area contributed by atoms with Crippen molar-refractivity contribution in [2.24, 2.45) is 0 Å². The van der Waals surface area contributed by atoms with Crippen LogP contribution in [0.1, 0.15) is 0 Å². The fourth-order valence-corrected chi connectivity index (χ4v) is 9.86. The molecule has 0 bridgehead atoms. The minimum absolute atomic E-state index is 0.598. The molecule has 0 aliphatic carbocycles. The molecule has 6 aromatic heterocycles. The molecule has 8 aromatic carbocycles. The van der Waals surface area contributed by atoms with Gasteiger partial charge in [0.15, 0.2) is 11.4 Å². The molecule has 0 aliphatic rings. The monoisotopic (exact) mass is 713 g/mol. The second-order valence-electron chi connectivity index (χ2n) is 15.0. The molecule has 6 heterocycles. The van der Waals surface area contributed by atoms with E-state index in [4.69, 9.17) is 14.4 Å². The van der Waals surface area contributed by atoms with E-state index in [-0.39, 0.29) is 0 Å². The van der Waals surface area contributed by atoms with Crippen LogP contribution in [-0.2, 0) is 0 Å². The Morgan fingerprint density at radius 2 is 0.946 bits per heavy atom. The highest BCUT2D eigenvalue weighted by atomic mass is 16.3. The van der Waals surface area contributed by atoms with Crippen molar-refractivity contribution in [2.75, 3.05) is 0 Å². The van der Waals surface area contributed by atoms with E-state index in [1.54, 1.807) is 0 Å². The summed E-state index contributed by atoms with van der Waals surface area (Å²) in [4.78, 5) is 11.0. The molecule has 0 aliphatic heterocycles. The van der Waals surface area contributed by atoms with Gasteiger partial charge >= 0.3 is 0 Å². The van der Waals surface area contributed by atoms with Crippen molar-refractivity contribution in [3.63, 3.8) is 0 Å². The maximum atomic E-state index is 6.83. The van der Waals surface area contributed by atoms with Gasteiger partial charge in [-0.15, -0.1) is 0 Å². The number of nitrogens with zero attached hydrogens (tertiary/aromatic N) is 5. The Labute approximate surface area is 317 Å². The zero-order chi connectivity index (χ0) is 36.2. The normalized spacial score (nSPS) is 12.6. The first-order valence-corrected chi connectivity index (χ1v) is 19.0. The molecule has 0 saturated heterocycles. The van der Waals surface area contributed by atoms with Crippen molar-refractivity contribution in [1.29, 1.82) is 0 Å². The van der Waals surface area contributed by atoms with Crippen LogP contribution in [0.3, 0.4) is 0 Å². The fourth-order valence-electron chi connectivity index (χ4n) is 9.86. The summed E-state index contributed by atoms with van der Waals surface area (Å²) in [5.74, 6) is 1.31. The van der Waals surface area contributed by atoms with Crippen LogP contribution in [0.25, 0.3) is 126 Å². The smallest absolute Gasteiger partial charge is 0.237 e. The van der Waals surface area contributed by atoms with Crippen LogP contribution in [0.5, 0.6) is 0 Å². The zero-order valence-corrected chi connectivity index (χ0v) is 29.7. The number of benzene rings is 8. The summed E-state index contributed by atoms with van der Waals surface area (Å²) in [7, 11) is 0. The van der Waals surface area contributed by atoms with Crippen molar-refractivity contribution < 1.29 is 4.42 Å². The Morgan fingerprint density at radius 3 is 1.68 bits per heavy atom. The number of hydrogen-bond donors (Lipinski definition) is 0. The van der Waals surface area contributed by atoms with Crippen molar-refractivity contribution in [3.8, 4) is 11.8 Å². The van der Waals surface area contributed by atoms with E-state index in [0.29, 0.717) is 17.3 Å². The minimum atomic E-state index is 0.598. The lowest BCUT2D eigenvalue weighted by Crippen LogP contribution is -2.06. The number of rotatable bonds is 2. The van der Waals surface area contributed by atoms with Crippen LogP contribution < -0.4 is 0 Å². The quantitative estimate of drug-likeness (QED) is 0.179. The van der Waals surface area contributed by atoms with Gasteiger partial charge in [0.25, 0.3) is 0 Å². The SMILES string of the molecule is c1ccc2cc3c(cc2c1)c1cc2c4ccccc4n(-c4nc(-n5c6ccccc6c6ccccc65)nc5c4oc4ccccc45)c2c2c4ccccc4n3c12. The first kappa shape index (κ1) is 28.8. The third-order valence-electron chi connectivity index (χ3n) is 12.1. The largest absolute Gasteiger partial charge is 0.450 e. The average Bonchev–Trinajstić information content (AvgIpc) is 4.04. The van der Waals surface area contributed by atoms with Crippen molar-refractivity contribution in [3.05, 3.63) is 164 Å². The van der Waals surface area contributed by atoms with E-state index in [1.807, 2.05) is 12.1 Å². The van der Waals surface area contributed by atoms with Crippen molar-refractivity contribution in [1.82, 2.24) is 23.5 Å². The maximum absolute atomic E-state index is 6.83. The molecule has 0 unspecified atom stereocenters. The molecule has 14 aromatic rings. The summed E-state index contributed by atoms with van der Waals surface area (Å²) in [6.07, 6.45) is 0. The predicted molar refractivity (Wildman–Crippen MR) is 230 cm³/mol. The Morgan fingerprint density at radius 1 is 0.393 bits per heavy atom. The van der Waals surface area contributed by atoms with Gasteiger partial charge in [0.1, 0.15) is 11.1 Å². The summed E-state index contributed by atoms with van der Waals surface area (Å²) in [6.45, 7) is 0. The third-order valence-corrected chi connectivity index (χ3v) is 12.1. The van der Waals surface area contributed by atoms with Crippen LogP contribution in [0.2, 0.25) is 0 Å². The lowest BCUT2D eigenvalue weighted by molar-refractivity contribution is 0.661. The van der Waals surface area contributed by atoms with E-state index in [0.717, 1.165) is 54.7 Å². The van der Waals surface area contributed by atoms with Crippen LogP contribution in [0.4, 0.5) is 0 Å². The van der Waals surface area contributed by atoms with Gasteiger partial charge in [-0.25, -0.2) is 4.98 Å². The fraction of sp³-hybridized carbons (Fsp3) is 0. The molecular weight excluding hydrogens is 687 g/mol. The van der Waals surface area contributed by atoms with Crippen LogP contribution in [0, 0.1) is 0 Å². The average molecular weight is 714 g/mol. The molecule has 0 atom stereocenters. The number of aromatic nitrogens is 5. The molecule has 56 heavy (non-hydrogen) atoms. The van der Waals surface area contributed by atoms with Crippen LogP contribution in [-0.4, -0.2) is 23.5 Å². The highest BCUT2D eigenvalue weighted by molar-refractivity contribution is 6.35. The Kier molecular flexibility index (Phi) is 5.18. The number of para-hydroxylation sites is 5. The summed E-state index contributed by atoms with van der Waals surface area (Å²) in [5, 5.41) is 13.0. The molecular formula is C50H27N5O. The number of fused-ring (bicyclic) bond motifs is 17. The van der Waals surface area contributed by atoms with E-state index in [2.05, 4.69) is 165 Å². The highest BCUT2D eigenvalue weighted by Gasteiger charge is 2.28. The zero-order valence-electron chi connectivity index (χ0n) is 29.7. The van der Waals surface area contributed by atoms with Crippen LogP contribution >= 0.6 is 0 Å². The van der Waals surface area contributed by atoms with Crippen LogP contribution in [0.15, 0.2) is 168 Å². The van der Waals surface area contributed by atoms with Crippen molar-refractivity contribution >= 4 is 115 Å². The van der Waals surface area contributed by atoms with E-state index in [1.165, 1.54) is 54.3 Å². The summed E-state index contributed by atoms with van der Waals surface area (Å²) < 4.78 is 13.9. The summed E-state index contributed by atoms with van der Waals surface area (Å²) in [6, 6.07) is 58.6. The van der Waals surface area contributed by atoms with Gasteiger partial charge in [-0.2, -0.15) is 4.98 Å². The molecule has 0 amide bonds. The van der Waals surface area contributed by atoms with Gasteiger partial charge in [0.05, 0.1) is 38.6 Å². The lowest BCUT2D eigenvalue weighted by atomic mass is 10.0. The van der Waals surface area contributed by atoms with Gasteiger partial charge in [-0.05, 0) is 65.4 Å². The summed E-state index contributed by atoms with van der Waals surface area (Å²) in [5.41, 5.74) is 10.1. The molecule has 0 saturated carbocycles.